The van der Waals surface area contributed by atoms with Gasteiger partial charge in [-0.15, -0.1) is 0 Å². The van der Waals surface area contributed by atoms with E-state index in [-0.39, 0.29) is 5.91 Å². The van der Waals surface area contributed by atoms with E-state index < -0.39 is 11.7 Å². The number of halogens is 3. The first-order chi connectivity index (χ1) is 12.3. The lowest BCUT2D eigenvalue weighted by Crippen LogP contribution is -2.27. The number of hydrogen-bond acceptors (Lipinski definition) is 2. The highest BCUT2D eigenvalue weighted by atomic mass is 19.4. The molecule has 1 heterocycles. The molecule has 0 saturated heterocycles. The first kappa shape index (κ1) is 18.0. The van der Waals surface area contributed by atoms with E-state index in [9.17, 15) is 18.0 Å². The summed E-state index contributed by atoms with van der Waals surface area (Å²) in [6.07, 6.45) is -2.99. The van der Waals surface area contributed by atoms with Crippen LogP contribution in [-0.2, 0) is 6.18 Å². The molecule has 3 rings (SSSR count). The average Bonchev–Trinajstić information content (AvgIpc) is 3.06. The van der Waals surface area contributed by atoms with E-state index in [0.29, 0.717) is 40.1 Å². The van der Waals surface area contributed by atoms with E-state index in [1.54, 1.807) is 24.3 Å². The second-order valence-corrected chi connectivity index (χ2v) is 6.54. The van der Waals surface area contributed by atoms with E-state index in [2.05, 4.69) is 15.5 Å². The summed E-state index contributed by atoms with van der Waals surface area (Å²) in [4.78, 5) is 12.3. The van der Waals surface area contributed by atoms with Gasteiger partial charge in [0, 0.05) is 17.5 Å². The number of aromatic nitrogens is 2. The van der Waals surface area contributed by atoms with Crippen LogP contribution in [0.4, 0.5) is 13.2 Å². The van der Waals surface area contributed by atoms with Crippen LogP contribution < -0.4 is 5.32 Å². The quantitative estimate of drug-likeness (QED) is 0.712. The van der Waals surface area contributed by atoms with Crippen LogP contribution in [0.15, 0.2) is 42.6 Å². The first-order valence-corrected chi connectivity index (χ1v) is 8.18. The summed E-state index contributed by atoms with van der Waals surface area (Å²) in [6.45, 7) is 4.49. The third-order valence-electron chi connectivity index (χ3n) is 3.99. The molecule has 2 aromatic carbocycles. The predicted octanol–water partition coefficient (Wildman–Crippen LogP) is 4.63. The molecule has 0 spiro atoms. The Bertz CT molecular complexity index is 945. The van der Waals surface area contributed by atoms with E-state index in [1.165, 1.54) is 6.20 Å². The minimum absolute atomic E-state index is 0.254. The SMILES string of the molecule is CC(C)CNC(=O)c1cccc(-c2cc(C(F)(F)F)cc3[nH]ncc23)c1. The Morgan fingerprint density at radius 3 is 2.69 bits per heavy atom. The average molecular weight is 361 g/mol. The summed E-state index contributed by atoms with van der Waals surface area (Å²) < 4.78 is 39.6. The van der Waals surface area contributed by atoms with E-state index in [4.69, 9.17) is 0 Å². The molecule has 0 radical (unpaired) electrons. The molecule has 0 saturated carbocycles. The molecule has 4 nitrogen and oxygen atoms in total. The lowest BCUT2D eigenvalue weighted by atomic mass is 9.97. The maximum Gasteiger partial charge on any atom is 0.416 e. The second-order valence-electron chi connectivity index (χ2n) is 6.54. The number of hydrogen-bond donors (Lipinski definition) is 2. The van der Waals surface area contributed by atoms with Crippen LogP contribution in [0, 0.1) is 5.92 Å². The van der Waals surface area contributed by atoms with Gasteiger partial charge in [-0.05, 0) is 41.3 Å². The molecule has 0 aliphatic carbocycles. The van der Waals surface area contributed by atoms with Gasteiger partial charge in [-0.1, -0.05) is 26.0 Å². The number of nitrogens with zero attached hydrogens (tertiary/aromatic N) is 1. The number of benzene rings is 2. The third kappa shape index (κ3) is 3.71. The molecule has 136 valence electrons. The predicted molar refractivity (Wildman–Crippen MR) is 93.7 cm³/mol. The zero-order chi connectivity index (χ0) is 18.9. The zero-order valence-corrected chi connectivity index (χ0v) is 14.3. The minimum atomic E-state index is -4.47. The van der Waals surface area contributed by atoms with Crippen molar-refractivity contribution in [3.8, 4) is 11.1 Å². The van der Waals surface area contributed by atoms with Crippen LogP contribution in [0.5, 0.6) is 0 Å². The molecule has 7 heteroatoms. The Kier molecular flexibility index (Phi) is 4.71. The fraction of sp³-hybridized carbons (Fsp3) is 0.263. The molecule has 0 aliphatic heterocycles. The molecular formula is C19H18F3N3O. The molecular weight excluding hydrogens is 343 g/mol. The molecule has 26 heavy (non-hydrogen) atoms. The Morgan fingerprint density at radius 1 is 1.23 bits per heavy atom. The van der Waals surface area contributed by atoms with Gasteiger partial charge in [0.25, 0.3) is 5.91 Å². The number of amides is 1. The molecule has 0 bridgehead atoms. The highest BCUT2D eigenvalue weighted by molar-refractivity contribution is 5.99. The van der Waals surface area contributed by atoms with Crippen molar-refractivity contribution in [2.24, 2.45) is 5.92 Å². The van der Waals surface area contributed by atoms with Crippen molar-refractivity contribution in [2.45, 2.75) is 20.0 Å². The van der Waals surface area contributed by atoms with Gasteiger partial charge >= 0.3 is 6.18 Å². The number of carbonyl (C=O) groups is 1. The maximum absolute atomic E-state index is 13.2. The molecule has 0 atom stereocenters. The van der Waals surface area contributed by atoms with Gasteiger partial charge < -0.3 is 5.32 Å². The van der Waals surface area contributed by atoms with Gasteiger partial charge in [0.2, 0.25) is 0 Å². The molecule has 1 amide bonds. The number of nitrogens with one attached hydrogen (secondary N) is 2. The van der Waals surface area contributed by atoms with Crippen LogP contribution in [-0.4, -0.2) is 22.6 Å². The summed E-state index contributed by atoms with van der Waals surface area (Å²) in [5.74, 6) is 0.0483. The Morgan fingerprint density at radius 2 is 2.00 bits per heavy atom. The Labute approximate surface area is 148 Å². The van der Waals surface area contributed by atoms with Crippen LogP contribution in [0.3, 0.4) is 0 Å². The lowest BCUT2D eigenvalue weighted by molar-refractivity contribution is -0.137. The van der Waals surface area contributed by atoms with Gasteiger partial charge in [0.05, 0.1) is 17.3 Å². The zero-order valence-electron chi connectivity index (χ0n) is 14.3. The fourth-order valence-corrected chi connectivity index (χ4v) is 2.68. The van der Waals surface area contributed by atoms with Crippen LogP contribution in [0.1, 0.15) is 29.8 Å². The smallest absolute Gasteiger partial charge is 0.352 e. The standard InChI is InChI=1S/C19H18F3N3O/c1-11(2)9-23-18(26)13-5-3-4-12(6-13)15-7-14(19(20,21)22)8-17-16(15)10-24-25-17/h3-8,10-11H,9H2,1-2H3,(H,23,26)(H,24,25). The van der Waals surface area contributed by atoms with Crippen molar-refractivity contribution < 1.29 is 18.0 Å². The highest BCUT2D eigenvalue weighted by Crippen LogP contribution is 2.36. The fourth-order valence-electron chi connectivity index (χ4n) is 2.68. The monoisotopic (exact) mass is 361 g/mol. The van der Waals surface area contributed by atoms with Crippen LogP contribution in [0.25, 0.3) is 22.0 Å². The third-order valence-corrected chi connectivity index (χ3v) is 3.99. The van der Waals surface area contributed by atoms with Crippen molar-refractivity contribution in [3.05, 3.63) is 53.7 Å². The Hall–Kier alpha value is -2.83. The number of alkyl halides is 3. The van der Waals surface area contributed by atoms with Gasteiger partial charge in [-0.25, -0.2) is 0 Å². The van der Waals surface area contributed by atoms with Gasteiger partial charge in [-0.3, -0.25) is 9.89 Å². The van der Waals surface area contributed by atoms with Gasteiger partial charge in [0.15, 0.2) is 0 Å². The first-order valence-electron chi connectivity index (χ1n) is 8.18. The molecule has 0 aliphatic rings. The molecule has 0 unspecified atom stereocenters. The molecule has 1 aromatic heterocycles. The second kappa shape index (κ2) is 6.82. The van der Waals surface area contributed by atoms with Crippen LogP contribution in [0.2, 0.25) is 0 Å². The van der Waals surface area contributed by atoms with Crippen molar-refractivity contribution >= 4 is 16.8 Å². The van der Waals surface area contributed by atoms with Crippen molar-refractivity contribution in [3.63, 3.8) is 0 Å². The summed E-state index contributed by atoms with van der Waals surface area (Å²) >= 11 is 0. The van der Waals surface area contributed by atoms with Gasteiger partial charge in [-0.2, -0.15) is 18.3 Å². The summed E-state index contributed by atoms with van der Waals surface area (Å²) in [5, 5.41) is 9.80. The number of rotatable bonds is 4. The topological polar surface area (TPSA) is 57.8 Å². The van der Waals surface area contributed by atoms with E-state index in [1.807, 2.05) is 13.8 Å². The van der Waals surface area contributed by atoms with Crippen molar-refractivity contribution in [1.29, 1.82) is 0 Å². The number of fused-ring (bicyclic) bond motifs is 1. The largest absolute Gasteiger partial charge is 0.416 e. The van der Waals surface area contributed by atoms with Crippen molar-refractivity contribution in [1.82, 2.24) is 15.5 Å². The molecule has 3 aromatic rings. The van der Waals surface area contributed by atoms with E-state index in [0.717, 1.165) is 12.1 Å². The summed E-state index contributed by atoms with van der Waals surface area (Å²) in [7, 11) is 0. The Balaban J connectivity index is 2.05. The number of H-pyrrole nitrogens is 1. The number of aromatic amines is 1. The summed E-state index contributed by atoms with van der Waals surface area (Å²) in [5.41, 5.74) is 0.836. The minimum Gasteiger partial charge on any atom is -0.352 e. The molecule has 0 fully saturated rings. The van der Waals surface area contributed by atoms with Gasteiger partial charge in [0.1, 0.15) is 0 Å². The summed E-state index contributed by atoms with van der Waals surface area (Å²) in [6, 6.07) is 8.69. The molecule has 2 N–H and O–H groups in total. The highest BCUT2D eigenvalue weighted by Gasteiger charge is 2.31. The van der Waals surface area contributed by atoms with E-state index >= 15 is 0 Å². The number of carbonyl (C=O) groups excluding carboxylic acids is 1. The maximum atomic E-state index is 13.2. The van der Waals surface area contributed by atoms with Crippen LogP contribution >= 0.6 is 0 Å². The lowest BCUT2D eigenvalue weighted by Gasteiger charge is -2.12. The van der Waals surface area contributed by atoms with Crippen molar-refractivity contribution in [2.75, 3.05) is 6.54 Å². The normalized spacial score (nSPS) is 11.9.